The first-order chi connectivity index (χ1) is 7.38. The second kappa shape index (κ2) is 7.26. The zero-order valence-corrected chi connectivity index (χ0v) is 9.11. The van der Waals surface area contributed by atoms with Crippen molar-refractivity contribution in [2.24, 2.45) is 0 Å². The van der Waals surface area contributed by atoms with Crippen LogP contribution < -0.4 is 4.74 Å². The minimum atomic E-state index is 0.00594. The molecule has 0 aliphatic carbocycles. The summed E-state index contributed by atoms with van der Waals surface area (Å²) < 4.78 is 10.8. The fourth-order valence-corrected chi connectivity index (χ4v) is 1.23. The summed E-state index contributed by atoms with van der Waals surface area (Å²) in [4.78, 5) is 0. The van der Waals surface area contributed by atoms with Gasteiger partial charge >= 0.3 is 0 Å². The second-order valence-electron chi connectivity index (χ2n) is 3.23. The molecule has 0 aromatic heterocycles. The smallest absolute Gasteiger partial charge is 0.124 e. The van der Waals surface area contributed by atoms with Gasteiger partial charge in [0.1, 0.15) is 12.4 Å². The number of benzene rings is 1. The van der Waals surface area contributed by atoms with Gasteiger partial charge < -0.3 is 14.6 Å². The van der Waals surface area contributed by atoms with E-state index in [1.54, 1.807) is 0 Å². The van der Waals surface area contributed by atoms with E-state index in [9.17, 15) is 0 Å². The van der Waals surface area contributed by atoms with Gasteiger partial charge in [-0.15, -0.1) is 0 Å². The highest BCUT2D eigenvalue weighted by Crippen LogP contribution is 2.17. The molecule has 0 saturated carbocycles. The third kappa shape index (κ3) is 4.32. The van der Waals surface area contributed by atoms with Crippen LogP contribution >= 0.6 is 0 Å². The minimum absolute atomic E-state index is 0.00594. The van der Waals surface area contributed by atoms with Gasteiger partial charge in [-0.3, -0.25) is 0 Å². The van der Waals surface area contributed by atoms with E-state index in [1.165, 1.54) is 0 Å². The summed E-state index contributed by atoms with van der Waals surface area (Å²) in [6.07, 6.45) is 1.02. The van der Waals surface area contributed by atoms with Crippen molar-refractivity contribution in [3.8, 4) is 5.75 Å². The van der Waals surface area contributed by atoms with Crippen LogP contribution in [0.2, 0.25) is 0 Å². The van der Waals surface area contributed by atoms with Crippen molar-refractivity contribution in [1.82, 2.24) is 0 Å². The van der Waals surface area contributed by atoms with Crippen LogP contribution in [0.3, 0.4) is 0 Å². The molecule has 0 bridgehead atoms. The average Bonchev–Trinajstić information content (AvgIpc) is 2.29. The van der Waals surface area contributed by atoms with Crippen LogP contribution in [0.15, 0.2) is 24.3 Å². The molecule has 0 fully saturated rings. The van der Waals surface area contributed by atoms with E-state index in [2.05, 4.69) is 6.92 Å². The fourth-order valence-electron chi connectivity index (χ4n) is 1.23. The van der Waals surface area contributed by atoms with Gasteiger partial charge in [-0.2, -0.15) is 0 Å². The number of hydrogen-bond acceptors (Lipinski definition) is 3. The lowest BCUT2D eigenvalue weighted by molar-refractivity contribution is 0.0996. The van der Waals surface area contributed by atoms with Crippen LogP contribution in [0.25, 0.3) is 0 Å². The van der Waals surface area contributed by atoms with E-state index < -0.39 is 0 Å². The van der Waals surface area contributed by atoms with Gasteiger partial charge in [0.05, 0.1) is 13.2 Å². The summed E-state index contributed by atoms with van der Waals surface area (Å²) in [5.41, 5.74) is 0.813. The first-order valence-electron chi connectivity index (χ1n) is 5.27. The molecule has 0 saturated heterocycles. The first-order valence-corrected chi connectivity index (χ1v) is 5.27. The first kappa shape index (κ1) is 12.0. The largest absolute Gasteiger partial charge is 0.491 e. The molecule has 0 aliphatic rings. The van der Waals surface area contributed by atoms with E-state index in [4.69, 9.17) is 14.6 Å². The lowest BCUT2D eigenvalue weighted by Gasteiger charge is -2.09. The highest BCUT2D eigenvalue weighted by molar-refractivity contribution is 5.32. The van der Waals surface area contributed by atoms with Gasteiger partial charge in [-0.1, -0.05) is 25.1 Å². The third-order valence-electron chi connectivity index (χ3n) is 1.98. The normalized spacial score (nSPS) is 10.3. The van der Waals surface area contributed by atoms with Crippen molar-refractivity contribution in [3.05, 3.63) is 29.8 Å². The predicted molar refractivity (Wildman–Crippen MR) is 59.0 cm³/mol. The summed E-state index contributed by atoms with van der Waals surface area (Å²) in [6.45, 7) is 3.96. The molecular weight excluding hydrogens is 192 g/mol. The summed E-state index contributed by atoms with van der Waals surface area (Å²) >= 11 is 0. The maximum atomic E-state index is 9.05. The van der Waals surface area contributed by atoms with E-state index in [0.717, 1.165) is 24.3 Å². The number of hydrogen-bond donors (Lipinski definition) is 1. The Morgan fingerprint density at radius 2 is 1.93 bits per heavy atom. The van der Waals surface area contributed by atoms with Crippen LogP contribution in [-0.2, 0) is 11.3 Å². The van der Waals surface area contributed by atoms with Crippen LogP contribution in [0.1, 0.15) is 18.9 Å². The van der Waals surface area contributed by atoms with Crippen LogP contribution in [0.4, 0.5) is 0 Å². The van der Waals surface area contributed by atoms with Gasteiger partial charge in [0, 0.05) is 12.2 Å². The number of ether oxygens (including phenoxy) is 2. The Morgan fingerprint density at radius 1 is 1.13 bits per heavy atom. The summed E-state index contributed by atoms with van der Waals surface area (Å²) in [5.74, 6) is 0.736. The van der Waals surface area contributed by atoms with Crippen molar-refractivity contribution in [2.75, 3.05) is 19.8 Å². The quantitative estimate of drug-likeness (QED) is 0.699. The topological polar surface area (TPSA) is 38.7 Å². The number of aliphatic hydroxyl groups excluding tert-OH is 1. The van der Waals surface area contributed by atoms with Crippen LogP contribution in [-0.4, -0.2) is 24.9 Å². The molecule has 84 valence electrons. The molecule has 1 aromatic rings. The van der Waals surface area contributed by atoms with Crippen LogP contribution in [0, 0.1) is 0 Å². The molecule has 1 rings (SSSR count). The average molecular weight is 210 g/mol. The maximum absolute atomic E-state index is 9.05. The SMILES string of the molecule is CCCOCCOc1ccccc1CO. The molecule has 0 amide bonds. The van der Waals surface area contributed by atoms with Crippen molar-refractivity contribution >= 4 is 0 Å². The summed E-state index contributed by atoms with van der Waals surface area (Å²) in [7, 11) is 0. The Kier molecular flexibility index (Phi) is 5.81. The fraction of sp³-hybridized carbons (Fsp3) is 0.500. The second-order valence-corrected chi connectivity index (χ2v) is 3.23. The maximum Gasteiger partial charge on any atom is 0.124 e. The molecule has 3 nitrogen and oxygen atoms in total. The van der Waals surface area contributed by atoms with Crippen molar-refractivity contribution in [3.63, 3.8) is 0 Å². The molecule has 0 heterocycles. The molecule has 15 heavy (non-hydrogen) atoms. The number of aliphatic hydroxyl groups is 1. The van der Waals surface area contributed by atoms with E-state index in [-0.39, 0.29) is 6.61 Å². The highest BCUT2D eigenvalue weighted by Gasteiger charge is 2.00. The molecule has 0 atom stereocenters. The lowest BCUT2D eigenvalue weighted by Crippen LogP contribution is -2.08. The zero-order chi connectivity index (χ0) is 10.9. The van der Waals surface area contributed by atoms with Crippen molar-refractivity contribution < 1.29 is 14.6 Å². The minimum Gasteiger partial charge on any atom is -0.491 e. The van der Waals surface area contributed by atoms with Gasteiger partial charge in [-0.05, 0) is 12.5 Å². The summed E-state index contributed by atoms with van der Waals surface area (Å²) in [5, 5.41) is 9.05. The Balaban J connectivity index is 2.30. The molecule has 1 aromatic carbocycles. The van der Waals surface area contributed by atoms with Crippen molar-refractivity contribution in [1.29, 1.82) is 0 Å². The molecule has 3 heteroatoms. The monoisotopic (exact) mass is 210 g/mol. The molecule has 0 aliphatic heterocycles. The molecule has 1 N–H and O–H groups in total. The van der Waals surface area contributed by atoms with Gasteiger partial charge in [0.25, 0.3) is 0 Å². The van der Waals surface area contributed by atoms with Gasteiger partial charge in [-0.25, -0.2) is 0 Å². The molecule has 0 spiro atoms. The Bertz CT molecular complexity index is 273. The third-order valence-corrected chi connectivity index (χ3v) is 1.98. The lowest BCUT2D eigenvalue weighted by atomic mass is 10.2. The predicted octanol–water partition coefficient (Wildman–Crippen LogP) is 1.98. The standard InChI is InChI=1S/C12H18O3/c1-2-7-14-8-9-15-12-6-4-3-5-11(12)10-13/h3-6,13H,2,7-10H2,1H3. The van der Waals surface area contributed by atoms with Crippen molar-refractivity contribution in [2.45, 2.75) is 20.0 Å². The molecule has 0 unspecified atom stereocenters. The highest BCUT2D eigenvalue weighted by atomic mass is 16.5. The number of para-hydroxylation sites is 1. The Morgan fingerprint density at radius 3 is 2.67 bits per heavy atom. The zero-order valence-electron chi connectivity index (χ0n) is 9.11. The van der Waals surface area contributed by atoms with Crippen LogP contribution in [0.5, 0.6) is 5.75 Å². The Labute approximate surface area is 90.6 Å². The van der Waals surface area contributed by atoms with Gasteiger partial charge in [0.2, 0.25) is 0 Å². The van der Waals surface area contributed by atoms with E-state index in [0.29, 0.717) is 13.2 Å². The number of rotatable bonds is 7. The molecular formula is C12H18O3. The Hall–Kier alpha value is -1.06. The van der Waals surface area contributed by atoms with E-state index in [1.807, 2.05) is 24.3 Å². The van der Waals surface area contributed by atoms with Gasteiger partial charge in [0.15, 0.2) is 0 Å². The summed E-state index contributed by atoms with van der Waals surface area (Å²) in [6, 6.07) is 7.47. The van der Waals surface area contributed by atoms with E-state index >= 15 is 0 Å². The molecule has 0 radical (unpaired) electrons.